The van der Waals surface area contributed by atoms with Gasteiger partial charge in [0.05, 0.1) is 30.2 Å². The molecule has 1 aromatic carbocycles. The van der Waals surface area contributed by atoms with Gasteiger partial charge in [-0.15, -0.1) is 0 Å². The minimum Gasteiger partial charge on any atom is -0.496 e. The van der Waals surface area contributed by atoms with Crippen molar-refractivity contribution >= 4 is 15.9 Å². The van der Waals surface area contributed by atoms with Crippen LogP contribution in [0.2, 0.25) is 0 Å². The van der Waals surface area contributed by atoms with Crippen LogP contribution in [-0.2, 0) is 0 Å². The van der Waals surface area contributed by atoms with E-state index in [9.17, 15) is 4.39 Å². The summed E-state index contributed by atoms with van der Waals surface area (Å²) < 4.78 is 24.2. The first kappa shape index (κ1) is 13.1. The first-order valence-corrected chi connectivity index (χ1v) is 6.19. The molecule has 0 saturated heterocycles. The molecule has 0 amide bonds. The van der Waals surface area contributed by atoms with Crippen molar-refractivity contribution in [1.29, 1.82) is 0 Å². The molecule has 2 aromatic rings. The van der Waals surface area contributed by atoms with E-state index in [1.54, 1.807) is 18.6 Å². The highest BCUT2D eigenvalue weighted by atomic mass is 79.9. The average Bonchev–Trinajstić information content (AvgIpc) is 2.88. The van der Waals surface area contributed by atoms with Crippen molar-refractivity contribution in [2.75, 3.05) is 14.2 Å². The van der Waals surface area contributed by atoms with E-state index in [4.69, 9.17) is 9.15 Å². The lowest BCUT2D eigenvalue weighted by Gasteiger charge is -2.18. The monoisotopic (exact) mass is 313 g/mol. The van der Waals surface area contributed by atoms with E-state index < -0.39 is 0 Å². The van der Waals surface area contributed by atoms with Gasteiger partial charge in [0, 0.05) is 17.2 Å². The largest absolute Gasteiger partial charge is 0.496 e. The molecule has 0 spiro atoms. The number of ether oxygens (including phenoxy) is 1. The Morgan fingerprint density at radius 3 is 2.78 bits per heavy atom. The maximum Gasteiger partial charge on any atom is 0.141 e. The number of halogens is 2. The van der Waals surface area contributed by atoms with Crippen molar-refractivity contribution in [2.24, 2.45) is 0 Å². The summed E-state index contributed by atoms with van der Waals surface area (Å²) in [5.74, 6) is 0.147. The van der Waals surface area contributed by atoms with Crippen LogP contribution in [0.1, 0.15) is 17.2 Å². The van der Waals surface area contributed by atoms with Gasteiger partial charge in [-0.3, -0.25) is 0 Å². The molecule has 5 heteroatoms. The third-order valence-electron chi connectivity index (χ3n) is 2.75. The Balaban J connectivity index is 2.51. The zero-order valence-corrected chi connectivity index (χ0v) is 11.6. The van der Waals surface area contributed by atoms with Crippen molar-refractivity contribution in [3.05, 3.63) is 52.1 Å². The van der Waals surface area contributed by atoms with Crippen LogP contribution >= 0.6 is 15.9 Å². The molecule has 0 radical (unpaired) electrons. The van der Waals surface area contributed by atoms with Crippen LogP contribution in [0.25, 0.3) is 0 Å². The molecule has 0 aliphatic heterocycles. The summed E-state index contributed by atoms with van der Waals surface area (Å²) in [5, 5.41) is 3.16. The maximum absolute atomic E-state index is 13.5. The van der Waals surface area contributed by atoms with Gasteiger partial charge in [-0.2, -0.15) is 0 Å². The highest BCUT2D eigenvalue weighted by Crippen LogP contribution is 2.34. The Morgan fingerprint density at radius 2 is 2.22 bits per heavy atom. The minimum atomic E-state index is -0.349. The lowest BCUT2D eigenvalue weighted by molar-refractivity contribution is 0.401. The highest BCUT2D eigenvalue weighted by molar-refractivity contribution is 9.10. The van der Waals surface area contributed by atoms with E-state index >= 15 is 0 Å². The van der Waals surface area contributed by atoms with E-state index in [0.717, 1.165) is 11.1 Å². The summed E-state index contributed by atoms with van der Waals surface area (Å²) in [6.07, 6.45) is 3.25. The normalized spacial score (nSPS) is 12.4. The van der Waals surface area contributed by atoms with E-state index in [1.807, 2.05) is 13.1 Å². The molecule has 1 heterocycles. The number of hydrogen-bond donors (Lipinski definition) is 1. The molecule has 1 N–H and O–H groups in total. The molecule has 96 valence electrons. The number of hydrogen-bond acceptors (Lipinski definition) is 3. The third kappa shape index (κ3) is 2.42. The van der Waals surface area contributed by atoms with Gasteiger partial charge in [0.15, 0.2) is 0 Å². The van der Waals surface area contributed by atoms with Crippen molar-refractivity contribution in [1.82, 2.24) is 5.32 Å². The van der Waals surface area contributed by atoms with Gasteiger partial charge in [0.25, 0.3) is 0 Å². The lowest BCUT2D eigenvalue weighted by atomic mass is 10.0. The topological polar surface area (TPSA) is 34.4 Å². The van der Waals surface area contributed by atoms with Crippen molar-refractivity contribution < 1.29 is 13.5 Å². The molecule has 0 bridgehead atoms. The maximum atomic E-state index is 13.5. The number of rotatable bonds is 4. The molecule has 0 aliphatic rings. The van der Waals surface area contributed by atoms with Gasteiger partial charge in [-0.1, -0.05) is 0 Å². The smallest absolute Gasteiger partial charge is 0.141 e. The molecule has 3 nitrogen and oxygen atoms in total. The van der Waals surface area contributed by atoms with Crippen LogP contribution in [0.15, 0.2) is 39.6 Å². The predicted molar refractivity (Wildman–Crippen MR) is 70.3 cm³/mol. The number of benzene rings is 1. The predicted octanol–water partition coefficient (Wildman–Crippen LogP) is 3.50. The Morgan fingerprint density at radius 1 is 1.44 bits per heavy atom. The van der Waals surface area contributed by atoms with Gasteiger partial charge in [0.2, 0.25) is 0 Å². The number of furan rings is 1. The van der Waals surface area contributed by atoms with Crippen LogP contribution in [0, 0.1) is 5.82 Å². The molecule has 0 saturated carbocycles. The summed E-state index contributed by atoms with van der Waals surface area (Å²) in [6.45, 7) is 0. The van der Waals surface area contributed by atoms with Crippen LogP contribution in [0.4, 0.5) is 4.39 Å². The second-order valence-corrected chi connectivity index (χ2v) is 4.64. The SMILES string of the molecule is CNC(c1ccoc1)c1cc(Br)c(F)cc1OC. The average molecular weight is 314 g/mol. The molecule has 2 rings (SSSR count). The molecule has 18 heavy (non-hydrogen) atoms. The fourth-order valence-corrected chi connectivity index (χ4v) is 2.25. The quantitative estimate of drug-likeness (QED) is 0.938. The fraction of sp³-hybridized carbons (Fsp3) is 0.231. The van der Waals surface area contributed by atoms with Gasteiger partial charge >= 0.3 is 0 Å². The van der Waals surface area contributed by atoms with E-state index in [0.29, 0.717) is 10.2 Å². The second-order valence-electron chi connectivity index (χ2n) is 3.79. The van der Waals surface area contributed by atoms with Crippen molar-refractivity contribution in [2.45, 2.75) is 6.04 Å². The minimum absolute atomic E-state index is 0.115. The molecular formula is C13H13BrFNO2. The Hall–Kier alpha value is -1.33. The summed E-state index contributed by atoms with van der Waals surface area (Å²) >= 11 is 3.19. The Kier molecular flexibility index (Phi) is 4.04. The summed E-state index contributed by atoms with van der Waals surface area (Å²) in [7, 11) is 3.35. The van der Waals surface area contributed by atoms with Crippen molar-refractivity contribution in [3.8, 4) is 5.75 Å². The van der Waals surface area contributed by atoms with Gasteiger partial charge in [-0.25, -0.2) is 4.39 Å². The zero-order chi connectivity index (χ0) is 13.1. The van der Waals surface area contributed by atoms with Crippen LogP contribution in [0.3, 0.4) is 0 Å². The summed E-state index contributed by atoms with van der Waals surface area (Å²) in [4.78, 5) is 0. The Bertz CT molecular complexity index is 528. The lowest BCUT2D eigenvalue weighted by Crippen LogP contribution is -2.18. The molecule has 0 aliphatic carbocycles. The van der Waals surface area contributed by atoms with E-state index in [-0.39, 0.29) is 11.9 Å². The number of nitrogens with one attached hydrogen (secondary N) is 1. The second kappa shape index (κ2) is 5.54. The first-order chi connectivity index (χ1) is 8.67. The fourth-order valence-electron chi connectivity index (χ4n) is 1.89. The zero-order valence-electron chi connectivity index (χ0n) is 10.0. The molecule has 1 atom stereocenters. The van der Waals surface area contributed by atoms with Gasteiger partial charge < -0.3 is 14.5 Å². The Labute approximate surface area is 113 Å². The van der Waals surface area contributed by atoms with Crippen LogP contribution in [0.5, 0.6) is 5.75 Å². The summed E-state index contributed by atoms with van der Waals surface area (Å²) in [6, 6.07) is 4.82. The molecular weight excluding hydrogens is 301 g/mol. The molecule has 0 fully saturated rings. The van der Waals surface area contributed by atoms with Crippen LogP contribution < -0.4 is 10.1 Å². The van der Waals surface area contributed by atoms with E-state index in [1.165, 1.54) is 13.2 Å². The van der Waals surface area contributed by atoms with E-state index in [2.05, 4.69) is 21.2 Å². The van der Waals surface area contributed by atoms with Crippen molar-refractivity contribution in [3.63, 3.8) is 0 Å². The first-order valence-electron chi connectivity index (χ1n) is 5.39. The summed E-state index contributed by atoms with van der Waals surface area (Å²) in [5.41, 5.74) is 1.80. The standard InChI is InChI=1S/C13H13BrFNO2/c1-16-13(8-3-4-18-7-8)9-5-10(14)11(15)6-12(9)17-2/h3-7,13,16H,1-2H3. The highest BCUT2D eigenvalue weighted by Gasteiger charge is 2.19. The molecule has 1 aromatic heterocycles. The molecule has 1 unspecified atom stereocenters. The number of methoxy groups -OCH3 is 1. The van der Waals surface area contributed by atoms with Gasteiger partial charge in [-0.05, 0) is 35.1 Å². The van der Waals surface area contributed by atoms with Gasteiger partial charge in [0.1, 0.15) is 11.6 Å². The van der Waals surface area contributed by atoms with Crippen LogP contribution in [-0.4, -0.2) is 14.2 Å². The third-order valence-corrected chi connectivity index (χ3v) is 3.36.